The third kappa shape index (κ3) is 6.93. The van der Waals surface area contributed by atoms with Gasteiger partial charge in [-0.15, -0.1) is 0 Å². The normalized spacial score (nSPS) is 11.8. The fourth-order valence-electron chi connectivity index (χ4n) is 4.41. The van der Waals surface area contributed by atoms with Crippen LogP contribution in [0, 0.1) is 6.92 Å². The Hall–Kier alpha value is -4.05. The van der Waals surface area contributed by atoms with Crippen LogP contribution in [-0.2, 0) is 26.2 Å². The molecule has 0 aliphatic carbocycles. The zero-order valence-electron chi connectivity index (χ0n) is 23.6. The minimum absolute atomic E-state index is 0.00824. The highest BCUT2D eigenvalue weighted by Gasteiger charge is 2.35. The quantitative estimate of drug-likeness (QED) is 0.333. The Labute approximate surface area is 236 Å². The van der Waals surface area contributed by atoms with Crippen LogP contribution in [-0.4, -0.2) is 58.5 Å². The highest BCUT2D eigenvalue weighted by Crippen LogP contribution is 2.36. The molecule has 214 valence electrons. The lowest BCUT2D eigenvalue weighted by molar-refractivity contribution is -0.140. The van der Waals surface area contributed by atoms with Crippen LogP contribution in [0.2, 0.25) is 0 Å². The van der Waals surface area contributed by atoms with Crippen molar-refractivity contribution in [2.45, 2.75) is 44.7 Å². The van der Waals surface area contributed by atoms with Gasteiger partial charge in [-0.05, 0) is 55.7 Å². The lowest BCUT2D eigenvalue weighted by Crippen LogP contribution is -2.52. The van der Waals surface area contributed by atoms with Gasteiger partial charge in [0.15, 0.2) is 0 Å². The van der Waals surface area contributed by atoms with Gasteiger partial charge in [0.05, 0.1) is 24.8 Å². The van der Waals surface area contributed by atoms with Gasteiger partial charge in [-0.2, -0.15) is 0 Å². The number of nitrogens with one attached hydrogen (secondary N) is 1. The molecule has 2 amide bonds. The van der Waals surface area contributed by atoms with Crippen molar-refractivity contribution in [3.63, 3.8) is 0 Å². The number of carbonyl (C=O) groups excluding carboxylic acids is 2. The molecule has 0 aliphatic heterocycles. The number of ether oxygens (including phenoxy) is 2. The third-order valence-electron chi connectivity index (χ3n) is 6.60. The molecule has 3 aromatic rings. The van der Waals surface area contributed by atoms with E-state index in [2.05, 4.69) is 5.32 Å². The number of aryl methyl sites for hydroxylation is 1. The van der Waals surface area contributed by atoms with E-state index in [0.717, 1.165) is 15.4 Å². The van der Waals surface area contributed by atoms with Gasteiger partial charge in [0, 0.05) is 19.2 Å². The predicted octanol–water partition coefficient (Wildman–Crippen LogP) is 4.15. The van der Waals surface area contributed by atoms with Crippen LogP contribution in [0.5, 0.6) is 11.5 Å². The van der Waals surface area contributed by atoms with Crippen LogP contribution >= 0.6 is 0 Å². The van der Waals surface area contributed by atoms with Crippen LogP contribution in [0.4, 0.5) is 5.69 Å². The van der Waals surface area contributed by atoms with Crippen molar-refractivity contribution < 1.29 is 27.5 Å². The molecular formula is C30H37N3O6S. The van der Waals surface area contributed by atoms with Gasteiger partial charge in [-0.25, -0.2) is 8.42 Å². The second-order valence-electron chi connectivity index (χ2n) is 9.13. The number of likely N-dealkylation sites (N-methyl/N-ethyl adjacent to an activating group) is 1. The maximum absolute atomic E-state index is 14.2. The molecule has 0 saturated carbocycles. The Morgan fingerprint density at radius 2 is 1.60 bits per heavy atom. The summed E-state index contributed by atoms with van der Waals surface area (Å²) in [7, 11) is -1.34. The largest absolute Gasteiger partial charge is 0.497 e. The monoisotopic (exact) mass is 567 g/mol. The highest BCUT2D eigenvalue weighted by molar-refractivity contribution is 7.92. The molecule has 3 rings (SSSR count). The zero-order chi connectivity index (χ0) is 29.3. The average molecular weight is 568 g/mol. The Bertz CT molecular complexity index is 1410. The van der Waals surface area contributed by atoms with Gasteiger partial charge in [0.25, 0.3) is 10.0 Å². The highest BCUT2D eigenvalue weighted by atomic mass is 32.2. The van der Waals surface area contributed by atoms with E-state index < -0.39 is 28.5 Å². The van der Waals surface area contributed by atoms with Crippen molar-refractivity contribution in [1.29, 1.82) is 0 Å². The van der Waals surface area contributed by atoms with Crippen molar-refractivity contribution in [3.05, 3.63) is 83.9 Å². The number of methoxy groups -OCH3 is 2. The van der Waals surface area contributed by atoms with Gasteiger partial charge >= 0.3 is 0 Å². The number of carbonyl (C=O) groups is 2. The molecule has 0 aromatic heterocycles. The van der Waals surface area contributed by atoms with Crippen LogP contribution in [0.1, 0.15) is 31.4 Å². The van der Waals surface area contributed by atoms with Crippen molar-refractivity contribution in [2.75, 3.05) is 31.6 Å². The van der Waals surface area contributed by atoms with Crippen LogP contribution in [0.25, 0.3) is 0 Å². The lowest BCUT2D eigenvalue weighted by Gasteiger charge is -2.33. The molecule has 0 saturated heterocycles. The maximum atomic E-state index is 14.2. The predicted molar refractivity (Wildman–Crippen MR) is 155 cm³/mol. The zero-order valence-corrected chi connectivity index (χ0v) is 24.4. The number of sulfonamides is 1. The maximum Gasteiger partial charge on any atom is 0.264 e. The first kappa shape index (κ1) is 30.5. The minimum Gasteiger partial charge on any atom is -0.497 e. The number of nitrogens with zero attached hydrogens (tertiary/aromatic N) is 2. The number of hydrogen-bond donors (Lipinski definition) is 1. The molecule has 0 heterocycles. The number of hydrogen-bond acceptors (Lipinski definition) is 6. The van der Waals surface area contributed by atoms with Gasteiger partial charge in [-0.1, -0.05) is 49.4 Å². The van der Waals surface area contributed by atoms with E-state index in [9.17, 15) is 18.0 Å². The fraction of sp³-hybridized carbons (Fsp3) is 0.333. The topological polar surface area (TPSA) is 105 Å². The number of rotatable bonds is 13. The fourth-order valence-corrected chi connectivity index (χ4v) is 5.84. The summed E-state index contributed by atoms with van der Waals surface area (Å²) in [5, 5.41) is 2.81. The Balaban J connectivity index is 2.15. The molecule has 1 atom stereocenters. The molecular weight excluding hydrogens is 530 g/mol. The molecule has 0 spiro atoms. The summed E-state index contributed by atoms with van der Waals surface area (Å²) in [5.74, 6) is -0.203. The summed E-state index contributed by atoms with van der Waals surface area (Å²) in [6.45, 7) is 5.52. The van der Waals surface area contributed by atoms with Crippen LogP contribution in [0.15, 0.2) is 77.7 Å². The minimum atomic E-state index is -4.23. The molecule has 40 heavy (non-hydrogen) atoms. The molecule has 0 radical (unpaired) electrons. The van der Waals surface area contributed by atoms with E-state index in [1.165, 1.54) is 37.3 Å². The molecule has 0 bridgehead atoms. The van der Waals surface area contributed by atoms with Crippen molar-refractivity contribution in [1.82, 2.24) is 10.2 Å². The average Bonchev–Trinajstić information content (AvgIpc) is 2.96. The van der Waals surface area contributed by atoms with Gasteiger partial charge < -0.3 is 19.7 Å². The number of anilines is 1. The summed E-state index contributed by atoms with van der Waals surface area (Å²) in [6.07, 6.45) is 0.345. The summed E-state index contributed by atoms with van der Waals surface area (Å²) in [4.78, 5) is 28.7. The Morgan fingerprint density at radius 3 is 2.20 bits per heavy atom. The smallest absolute Gasteiger partial charge is 0.264 e. The first-order valence-electron chi connectivity index (χ1n) is 13.1. The van der Waals surface area contributed by atoms with Crippen LogP contribution < -0.4 is 19.1 Å². The molecule has 9 nitrogen and oxygen atoms in total. The van der Waals surface area contributed by atoms with E-state index in [4.69, 9.17) is 9.47 Å². The molecule has 1 N–H and O–H groups in total. The Kier molecular flexibility index (Phi) is 10.6. The molecule has 0 fully saturated rings. The molecule has 10 heteroatoms. The van der Waals surface area contributed by atoms with E-state index >= 15 is 0 Å². The SMILES string of the molecule is CCNC(=O)[C@@H](CC)N(Cc1ccccc1C)C(=O)CN(c1cc(OC)ccc1OC)S(=O)(=O)c1ccccc1. The summed E-state index contributed by atoms with van der Waals surface area (Å²) < 4.78 is 39.9. The van der Waals surface area contributed by atoms with Gasteiger partial charge in [0.2, 0.25) is 11.8 Å². The van der Waals surface area contributed by atoms with E-state index in [1.54, 1.807) is 37.3 Å². The summed E-state index contributed by atoms with van der Waals surface area (Å²) >= 11 is 0. The third-order valence-corrected chi connectivity index (χ3v) is 8.38. The van der Waals surface area contributed by atoms with Crippen molar-refractivity contribution >= 4 is 27.5 Å². The van der Waals surface area contributed by atoms with Crippen LogP contribution in [0.3, 0.4) is 0 Å². The first-order valence-corrected chi connectivity index (χ1v) is 14.5. The van der Waals surface area contributed by atoms with E-state index in [0.29, 0.717) is 18.7 Å². The van der Waals surface area contributed by atoms with E-state index in [1.807, 2.05) is 38.1 Å². The second-order valence-corrected chi connectivity index (χ2v) is 11.0. The molecule has 0 unspecified atom stereocenters. The first-order chi connectivity index (χ1) is 19.2. The van der Waals surface area contributed by atoms with Gasteiger partial charge in [0.1, 0.15) is 24.1 Å². The summed E-state index contributed by atoms with van der Waals surface area (Å²) in [5.41, 5.74) is 1.95. The Morgan fingerprint density at radius 1 is 0.925 bits per heavy atom. The molecule has 3 aromatic carbocycles. The van der Waals surface area contributed by atoms with E-state index in [-0.39, 0.29) is 28.8 Å². The summed E-state index contributed by atoms with van der Waals surface area (Å²) in [6, 6.07) is 19.4. The second kappa shape index (κ2) is 13.8. The van der Waals surface area contributed by atoms with Crippen molar-refractivity contribution in [2.24, 2.45) is 0 Å². The van der Waals surface area contributed by atoms with Crippen molar-refractivity contribution in [3.8, 4) is 11.5 Å². The number of amides is 2. The van der Waals surface area contributed by atoms with Gasteiger partial charge in [-0.3, -0.25) is 13.9 Å². The lowest BCUT2D eigenvalue weighted by atomic mass is 10.1. The standard InChI is InChI=1S/C30H37N3O6S/c1-6-26(30(35)31-7-2)32(20-23-14-12-11-13-22(23)3)29(34)21-33(40(36,37)25-15-9-8-10-16-25)27-19-24(38-4)17-18-28(27)39-5/h8-19,26H,6-7,20-21H2,1-5H3,(H,31,35)/t26-/m1/s1. The molecule has 0 aliphatic rings. The number of benzene rings is 3.